The summed E-state index contributed by atoms with van der Waals surface area (Å²) in [4.78, 5) is 22.5. The second-order valence-electron chi connectivity index (χ2n) is 11.3. The van der Waals surface area contributed by atoms with Crippen LogP contribution < -0.4 is 25.5 Å². The number of nitrogens with one attached hydrogen (secondary N) is 1. The fraction of sp³-hybridized carbons (Fsp3) is 0.438. The van der Waals surface area contributed by atoms with E-state index in [1.54, 1.807) is 14.2 Å². The van der Waals surface area contributed by atoms with Crippen LogP contribution in [-0.2, 0) is 4.79 Å². The largest absolute Gasteiger partial charge is 0.493 e. The molecule has 216 valence electrons. The third-order valence-corrected chi connectivity index (χ3v) is 8.79. The number of piperidine rings is 2. The Hall–Kier alpha value is -3.82. The number of carbonyl (C=O) groups excluding carboxylic acids is 1. The van der Waals surface area contributed by atoms with Gasteiger partial charge in [-0.3, -0.25) is 4.79 Å². The van der Waals surface area contributed by atoms with Gasteiger partial charge in [0, 0.05) is 61.7 Å². The van der Waals surface area contributed by atoms with Crippen LogP contribution in [0.5, 0.6) is 11.5 Å². The Bertz CT molecular complexity index is 1500. The molecule has 0 aliphatic carbocycles. The van der Waals surface area contributed by atoms with Gasteiger partial charge in [0.2, 0.25) is 5.91 Å². The van der Waals surface area contributed by atoms with Gasteiger partial charge in [0.1, 0.15) is 12.2 Å². The van der Waals surface area contributed by atoms with Crippen molar-refractivity contribution >= 4 is 12.1 Å². The monoisotopic (exact) mass is 557 g/mol. The Labute approximate surface area is 240 Å². The molecule has 41 heavy (non-hydrogen) atoms. The number of benzene rings is 2. The Morgan fingerprint density at radius 1 is 1.07 bits per heavy atom. The fourth-order valence-corrected chi connectivity index (χ4v) is 6.50. The number of ether oxygens (including phenoxy) is 2. The SMILES string of the molecule is COc1ccc(-n2ccc3c2=NCN(CC2(O)CCN(C(=O)[C@@H]4CCNC[C@H]4c4ccccc4)CC2)C=3)cc1OC. The summed E-state index contributed by atoms with van der Waals surface area (Å²) >= 11 is 0. The van der Waals surface area contributed by atoms with Crippen molar-refractivity contribution in [1.29, 1.82) is 0 Å². The summed E-state index contributed by atoms with van der Waals surface area (Å²) in [5.41, 5.74) is 2.17. The summed E-state index contributed by atoms with van der Waals surface area (Å²) in [5, 5.41) is 16.0. The second-order valence-corrected chi connectivity index (χ2v) is 11.3. The van der Waals surface area contributed by atoms with E-state index in [0.717, 1.165) is 35.9 Å². The predicted molar refractivity (Wildman–Crippen MR) is 157 cm³/mol. The molecule has 2 atom stereocenters. The van der Waals surface area contributed by atoms with E-state index in [-0.39, 0.29) is 17.7 Å². The van der Waals surface area contributed by atoms with Gasteiger partial charge in [-0.1, -0.05) is 30.3 Å². The molecule has 6 rings (SSSR count). The number of rotatable bonds is 7. The van der Waals surface area contributed by atoms with Gasteiger partial charge < -0.3 is 34.3 Å². The first kappa shape index (κ1) is 27.4. The number of methoxy groups -OCH3 is 2. The van der Waals surface area contributed by atoms with Gasteiger partial charge in [0.15, 0.2) is 11.5 Å². The molecule has 1 aromatic heterocycles. The summed E-state index contributed by atoms with van der Waals surface area (Å²) in [6, 6.07) is 18.2. The fourth-order valence-electron chi connectivity index (χ4n) is 6.50. The molecule has 0 spiro atoms. The molecule has 0 unspecified atom stereocenters. The highest BCUT2D eigenvalue weighted by Gasteiger charge is 2.39. The van der Waals surface area contributed by atoms with Crippen LogP contribution in [0.1, 0.15) is 30.7 Å². The second kappa shape index (κ2) is 11.6. The van der Waals surface area contributed by atoms with Crippen molar-refractivity contribution in [2.24, 2.45) is 10.9 Å². The van der Waals surface area contributed by atoms with Crippen LogP contribution in [0.3, 0.4) is 0 Å². The Kier molecular flexibility index (Phi) is 7.73. The lowest BCUT2D eigenvalue weighted by Crippen LogP contribution is -2.54. The van der Waals surface area contributed by atoms with E-state index in [9.17, 15) is 9.90 Å². The van der Waals surface area contributed by atoms with Crippen molar-refractivity contribution in [2.75, 3.05) is 53.6 Å². The molecule has 0 saturated carbocycles. The Morgan fingerprint density at radius 3 is 2.61 bits per heavy atom. The maximum Gasteiger partial charge on any atom is 0.226 e. The number of hydrogen-bond acceptors (Lipinski definition) is 7. The minimum absolute atomic E-state index is 0.0211. The number of hydrogen-bond donors (Lipinski definition) is 2. The van der Waals surface area contributed by atoms with Gasteiger partial charge in [-0.15, -0.1) is 0 Å². The van der Waals surface area contributed by atoms with E-state index < -0.39 is 5.60 Å². The molecule has 0 radical (unpaired) electrons. The van der Waals surface area contributed by atoms with E-state index in [4.69, 9.17) is 14.5 Å². The first-order valence-corrected chi connectivity index (χ1v) is 14.4. The maximum absolute atomic E-state index is 13.6. The van der Waals surface area contributed by atoms with Crippen molar-refractivity contribution in [3.05, 3.63) is 77.1 Å². The van der Waals surface area contributed by atoms with Crippen LogP contribution in [-0.4, -0.2) is 84.6 Å². The van der Waals surface area contributed by atoms with Crippen molar-refractivity contribution in [3.8, 4) is 17.2 Å². The number of aromatic nitrogens is 1. The lowest BCUT2D eigenvalue weighted by molar-refractivity contribution is -0.141. The predicted octanol–water partition coefficient (Wildman–Crippen LogP) is 1.87. The molecule has 9 heteroatoms. The highest BCUT2D eigenvalue weighted by atomic mass is 16.5. The highest BCUT2D eigenvalue weighted by Crippen LogP contribution is 2.33. The van der Waals surface area contributed by atoms with Crippen molar-refractivity contribution in [1.82, 2.24) is 19.7 Å². The molecule has 1 amide bonds. The van der Waals surface area contributed by atoms with Crippen LogP contribution >= 0.6 is 0 Å². The molecule has 9 nitrogen and oxygen atoms in total. The van der Waals surface area contributed by atoms with Crippen molar-refractivity contribution < 1.29 is 19.4 Å². The summed E-state index contributed by atoms with van der Waals surface area (Å²) in [6.07, 6.45) is 6.04. The molecule has 2 N–H and O–H groups in total. The first-order valence-electron chi connectivity index (χ1n) is 14.4. The Morgan fingerprint density at radius 2 is 1.85 bits per heavy atom. The lowest BCUT2D eigenvalue weighted by Gasteiger charge is -2.43. The highest BCUT2D eigenvalue weighted by molar-refractivity contribution is 5.80. The number of β-amino-alcohol motifs (C(OH)–C–C–N with tert-alkyl or cyclic N) is 1. The van der Waals surface area contributed by atoms with Gasteiger partial charge in [-0.2, -0.15) is 0 Å². The van der Waals surface area contributed by atoms with E-state index >= 15 is 0 Å². The van der Waals surface area contributed by atoms with Gasteiger partial charge in [0.05, 0.1) is 25.5 Å². The summed E-state index contributed by atoms with van der Waals surface area (Å²) in [7, 11) is 3.25. The number of aliphatic hydroxyl groups is 1. The average Bonchev–Trinajstić information content (AvgIpc) is 3.44. The third kappa shape index (κ3) is 5.56. The number of nitrogens with zero attached hydrogens (tertiary/aromatic N) is 4. The topological polar surface area (TPSA) is 91.6 Å². The van der Waals surface area contributed by atoms with Crippen LogP contribution in [0.2, 0.25) is 0 Å². The van der Waals surface area contributed by atoms with E-state index in [1.165, 1.54) is 5.56 Å². The van der Waals surface area contributed by atoms with Crippen molar-refractivity contribution in [3.63, 3.8) is 0 Å². The molecule has 2 fully saturated rings. The summed E-state index contributed by atoms with van der Waals surface area (Å²) in [6.45, 7) is 3.78. The number of fused-ring (bicyclic) bond motifs is 1. The average molecular weight is 558 g/mol. The third-order valence-electron chi connectivity index (χ3n) is 8.79. The zero-order valence-electron chi connectivity index (χ0n) is 23.8. The maximum atomic E-state index is 13.6. The van der Waals surface area contributed by atoms with Crippen LogP contribution in [0.4, 0.5) is 0 Å². The zero-order chi connectivity index (χ0) is 28.4. The molecular formula is C32H39N5O4. The van der Waals surface area contributed by atoms with E-state index in [0.29, 0.717) is 50.6 Å². The molecule has 2 saturated heterocycles. The lowest BCUT2D eigenvalue weighted by atomic mass is 9.80. The molecule has 4 heterocycles. The van der Waals surface area contributed by atoms with E-state index in [2.05, 4.69) is 28.5 Å². The molecule has 3 aliphatic heterocycles. The Balaban J connectivity index is 1.10. The van der Waals surface area contributed by atoms with Crippen LogP contribution in [0.25, 0.3) is 11.9 Å². The van der Waals surface area contributed by atoms with Gasteiger partial charge in [-0.25, -0.2) is 4.99 Å². The van der Waals surface area contributed by atoms with Gasteiger partial charge >= 0.3 is 0 Å². The summed E-state index contributed by atoms with van der Waals surface area (Å²) < 4.78 is 12.9. The number of amides is 1. The summed E-state index contributed by atoms with van der Waals surface area (Å²) in [5.74, 6) is 1.73. The quantitative estimate of drug-likeness (QED) is 0.461. The minimum Gasteiger partial charge on any atom is -0.493 e. The molecular weight excluding hydrogens is 518 g/mol. The van der Waals surface area contributed by atoms with Crippen LogP contribution in [0.15, 0.2) is 65.8 Å². The molecule has 3 aliphatic rings. The van der Waals surface area contributed by atoms with E-state index in [1.807, 2.05) is 58.1 Å². The number of likely N-dealkylation sites (tertiary alicyclic amines) is 1. The molecule has 2 aromatic carbocycles. The van der Waals surface area contributed by atoms with Gasteiger partial charge in [-0.05, 0) is 49.6 Å². The van der Waals surface area contributed by atoms with Gasteiger partial charge in [0.25, 0.3) is 0 Å². The minimum atomic E-state index is -0.862. The molecule has 0 bridgehead atoms. The van der Waals surface area contributed by atoms with Crippen molar-refractivity contribution in [2.45, 2.75) is 30.8 Å². The first-order chi connectivity index (χ1) is 20.0. The molecule has 3 aromatic rings. The van der Waals surface area contributed by atoms with Crippen LogP contribution in [0, 0.1) is 5.92 Å². The standard InChI is InChI=1S/C32H39N5O4/c1-40-28-9-8-25(18-29(28)41-2)37-15-11-24-20-35(22-34-30(24)37)21-32(39)12-16-36(17-13-32)31(38)26-10-14-33-19-27(26)23-6-4-3-5-7-23/h3-9,11,15,18,20,26-27,33,39H,10,12-14,16-17,19,21-22H2,1-2H3/t26-,27+/m1/s1. The zero-order valence-corrected chi connectivity index (χ0v) is 23.8. The number of carbonyl (C=O) groups is 1. The smallest absolute Gasteiger partial charge is 0.226 e. The normalized spacial score (nSPS) is 21.8.